The van der Waals surface area contributed by atoms with Crippen LogP contribution in [0.2, 0.25) is 0 Å². The zero-order valence-corrected chi connectivity index (χ0v) is 8.71. The summed E-state index contributed by atoms with van der Waals surface area (Å²) >= 11 is 0. The molecule has 1 aliphatic heterocycles. The Morgan fingerprint density at radius 3 is 2.50 bits per heavy atom. The molecule has 1 aromatic rings. The number of amides is 1. The highest BCUT2D eigenvalue weighted by Gasteiger charge is 2.32. The number of carbonyl (C=O) groups excluding carboxylic acids is 1. The molecule has 0 spiro atoms. The molecule has 1 aliphatic rings. The van der Waals surface area contributed by atoms with Crippen LogP contribution < -0.4 is 5.73 Å². The van der Waals surface area contributed by atoms with Crippen LogP contribution in [0.4, 0.5) is 5.69 Å². The van der Waals surface area contributed by atoms with Crippen LogP contribution in [0, 0.1) is 0 Å². The van der Waals surface area contributed by atoms with Gasteiger partial charge in [0, 0.05) is 24.3 Å². The fourth-order valence-corrected chi connectivity index (χ4v) is 1.79. The number of aliphatic hydroxyl groups is 2. The van der Waals surface area contributed by atoms with Gasteiger partial charge >= 0.3 is 0 Å². The number of rotatable bonds is 1. The van der Waals surface area contributed by atoms with Crippen LogP contribution in [0.25, 0.3) is 0 Å². The van der Waals surface area contributed by atoms with Crippen LogP contribution in [0.5, 0.6) is 0 Å². The number of hydrogen-bond acceptors (Lipinski definition) is 4. The molecule has 0 saturated carbocycles. The summed E-state index contributed by atoms with van der Waals surface area (Å²) < 4.78 is 0. The lowest BCUT2D eigenvalue weighted by Crippen LogP contribution is -2.29. The Labute approximate surface area is 93.1 Å². The zero-order chi connectivity index (χ0) is 11.7. The second-order valence-corrected chi connectivity index (χ2v) is 3.97. The van der Waals surface area contributed by atoms with Gasteiger partial charge < -0.3 is 20.8 Å². The van der Waals surface area contributed by atoms with Crippen LogP contribution >= 0.6 is 0 Å². The lowest BCUT2D eigenvalue weighted by atomic mass is 10.2. The molecule has 0 unspecified atom stereocenters. The van der Waals surface area contributed by atoms with Gasteiger partial charge in [0.1, 0.15) is 0 Å². The number of nitrogens with two attached hydrogens (primary N) is 1. The van der Waals surface area contributed by atoms with Gasteiger partial charge in [-0.2, -0.15) is 0 Å². The molecule has 1 aromatic carbocycles. The van der Waals surface area contributed by atoms with Crippen molar-refractivity contribution in [3.05, 3.63) is 29.8 Å². The third kappa shape index (κ3) is 2.00. The Kier molecular flexibility index (Phi) is 2.80. The second-order valence-electron chi connectivity index (χ2n) is 3.97. The van der Waals surface area contributed by atoms with Gasteiger partial charge in [0.25, 0.3) is 5.91 Å². The molecule has 2 rings (SSSR count). The number of benzene rings is 1. The van der Waals surface area contributed by atoms with Crippen molar-refractivity contribution in [2.45, 2.75) is 12.2 Å². The van der Waals surface area contributed by atoms with Gasteiger partial charge in [-0.25, -0.2) is 0 Å². The first-order valence-electron chi connectivity index (χ1n) is 5.09. The molecule has 0 bridgehead atoms. The SMILES string of the molecule is Nc1cccc(C(=O)N2C[C@@H](O)[C@@H](O)C2)c1. The highest BCUT2D eigenvalue weighted by Crippen LogP contribution is 2.15. The molecular weight excluding hydrogens is 208 g/mol. The average Bonchev–Trinajstić information content (AvgIpc) is 2.58. The van der Waals surface area contributed by atoms with E-state index in [2.05, 4.69) is 0 Å². The Morgan fingerprint density at radius 1 is 1.31 bits per heavy atom. The van der Waals surface area contributed by atoms with Crippen molar-refractivity contribution in [1.29, 1.82) is 0 Å². The van der Waals surface area contributed by atoms with Crippen molar-refractivity contribution in [1.82, 2.24) is 4.90 Å². The molecule has 2 atom stereocenters. The van der Waals surface area contributed by atoms with Crippen molar-refractivity contribution in [3.63, 3.8) is 0 Å². The standard InChI is InChI=1S/C11H14N2O3/c12-8-3-1-2-7(4-8)11(16)13-5-9(14)10(15)6-13/h1-4,9-10,14-15H,5-6,12H2/t9-,10+. The highest BCUT2D eigenvalue weighted by atomic mass is 16.3. The number of carbonyl (C=O) groups is 1. The van der Waals surface area contributed by atoms with Crippen molar-refractivity contribution in [2.24, 2.45) is 0 Å². The monoisotopic (exact) mass is 222 g/mol. The van der Waals surface area contributed by atoms with Crippen molar-refractivity contribution < 1.29 is 15.0 Å². The number of nitrogen functional groups attached to an aromatic ring is 1. The van der Waals surface area contributed by atoms with Crippen LogP contribution in [0.3, 0.4) is 0 Å². The van der Waals surface area contributed by atoms with Gasteiger partial charge in [-0.1, -0.05) is 6.07 Å². The minimum atomic E-state index is -0.856. The largest absolute Gasteiger partial charge is 0.399 e. The van der Waals surface area contributed by atoms with Gasteiger partial charge in [-0.3, -0.25) is 4.79 Å². The molecule has 86 valence electrons. The number of hydrogen-bond donors (Lipinski definition) is 3. The van der Waals surface area contributed by atoms with E-state index in [4.69, 9.17) is 5.73 Å². The molecule has 1 saturated heterocycles. The maximum Gasteiger partial charge on any atom is 0.254 e. The normalized spacial score (nSPS) is 24.8. The molecule has 0 aromatic heterocycles. The predicted molar refractivity (Wildman–Crippen MR) is 58.8 cm³/mol. The summed E-state index contributed by atoms with van der Waals surface area (Å²) in [6.45, 7) is 0.323. The molecule has 16 heavy (non-hydrogen) atoms. The molecule has 4 N–H and O–H groups in total. The fraction of sp³-hybridized carbons (Fsp3) is 0.364. The van der Waals surface area contributed by atoms with Gasteiger partial charge in [0.05, 0.1) is 12.2 Å². The summed E-state index contributed by atoms with van der Waals surface area (Å²) in [7, 11) is 0. The van der Waals surface area contributed by atoms with E-state index in [0.717, 1.165) is 0 Å². The Hall–Kier alpha value is -1.59. The first kappa shape index (κ1) is 10.9. The lowest BCUT2D eigenvalue weighted by molar-refractivity contribution is 0.0572. The summed E-state index contributed by atoms with van der Waals surface area (Å²) in [6, 6.07) is 6.64. The van der Waals surface area contributed by atoms with Crippen molar-refractivity contribution >= 4 is 11.6 Å². The van der Waals surface area contributed by atoms with Gasteiger partial charge in [-0.05, 0) is 18.2 Å². The first-order valence-corrected chi connectivity index (χ1v) is 5.09. The van der Waals surface area contributed by atoms with Crippen LogP contribution in [-0.2, 0) is 0 Å². The van der Waals surface area contributed by atoms with Crippen molar-refractivity contribution in [3.8, 4) is 0 Å². The summed E-state index contributed by atoms with van der Waals surface area (Å²) in [5, 5.41) is 18.7. The van der Waals surface area contributed by atoms with E-state index in [1.54, 1.807) is 24.3 Å². The molecule has 5 nitrogen and oxygen atoms in total. The fourth-order valence-electron chi connectivity index (χ4n) is 1.79. The molecule has 1 fully saturated rings. The summed E-state index contributed by atoms with van der Waals surface area (Å²) in [4.78, 5) is 13.4. The third-order valence-corrected chi connectivity index (χ3v) is 2.68. The third-order valence-electron chi connectivity index (χ3n) is 2.68. The van der Waals surface area contributed by atoms with Crippen LogP contribution in [0.1, 0.15) is 10.4 Å². The van der Waals surface area contributed by atoms with E-state index in [1.807, 2.05) is 0 Å². The Morgan fingerprint density at radius 2 is 1.94 bits per heavy atom. The minimum absolute atomic E-state index is 0.162. The van der Waals surface area contributed by atoms with Crippen molar-refractivity contribution in [2.75, 3.05) is 18.8 Å². The van der Waals surface area contributed by atoms with Gasteiger partial charge in [0.15, 0.2) is 0 Å². The maximum atomic E-state index is 11.9. The molecule has 1 amide bonds. The smallest absolute Gasteiger partial charge is 0.254 e. The van der Waals surface area contributed by atoms with Gasteiger partial charge in [0.2, 0.25) is 0 Å². The molecular formula is C11H14N2O3. The molecule has 1 heterocycles. The number of likely N-dealkylation sites (tertiary alicyclic amines) is 1. The van der Waals surface area contributed by atoms with Gasteiger partial charge in [-0.15, -0.1) is 0 Å². The van der Waals surface area contributed by atoms with E-state index >= 15 is 0 Å². The Bertz CT molecular complexity index is 398. The first-order chi connectivity index (χ1) is 7.58. The summed E-state index contributed by atoms with van der Waals surface area (Å²) in [6.07, 6.45) is -1.71. The van der Waals surface area contributed by atoms with E-state index in [0.29, 0.717) is 11.3 Å². The average molecular weight is 222 g/mol. The topological polar surface area (TPSA) is 86.8 Å². The second kappa shape index (κ2) is 4.11. The number of anilines is 1. The number of β-amino-alcohol motifs (C(OH)–C–C–N with tert-alkyl or cyclic N) is 2. The number of aliphatic hydroxyl groups excluding tert-OH is 2. The highest BCUT2D eigenvalue weighted by molar-refractivity contribution is 5.95. The van der Waals surface area contributed by atoms with E-state index in [-0.39, 0.29) is 19.0 Å². The van der Waals surface area contributed by atoms with E-state index < -0.39 is 12.2 Å². The number of nitrogens with zero attached hydrogens (tertiary/aromatic N) is 1. The molecule has 0 aliphatic carbocycles. The minimum Gasteiger partial charge on any atom is -0.399 e. The van der Waals surface area contributed by atoms with E-state index in [9.17, 15) is 15.0 Å². The zero-order valence-electron chi connectivity index (χ0n) is 8.71. The molecule has 0 radical (unpaired) electrons. The maximum absolute atomic E-state index is 11.9. The Balaban J connectivity index is 2.14. The summed E-state index contributed by atoms with van der Waals surface area (Å²) in [5.74, 6) is -0.220. The quantitative estimate of drug-likeness (QED) is 0.556. The van der Waals surface area contributed by atoms with Crippen LogP contribution in [0.15, 0.2) is 24.3 Å². The molecule has 5 heteroatoms. The van der Waals surface area contributed by atoms with Crippen LogP contribution in [-0.4, -0.2) is 46.3 Å². The summed E-state index contributed by atoms with van der Waals surface area (Å²) in [5.41, 5.74) is 6.57. The predicted octanol–water partition coefficient (Wildman–Crippen LogP) is -0.554. The van der Waals surface area contributed by atoms with E-state index in [1.165, 1.54) is 4.90 Å². The lowest BCUT2D eigenvalue weighted by Gasteiger charge is -2.15.